The van der Waals surface area contributed by atoms with Gasteiger partial charge in [-0.15, -0.1) is 13.2 Å². The van der Waals surface area contributed by atoms with Gasteiger partial charge in [0.05, 0.1) is 6.61 Å². The van der Waals surface area contributed by atoms with Gasteiger partial charge in [-0.25, -0.2) is 0 Å². The summed E-state index contributed by atoms with van der Waals surface area (Å²) in [4.78, 5) is 0. The third-order valence-corrected chi connectivity index (χ3v) is 1.99. The lowest BCUT2D eigenvalue weighted by atomic mass is 10.1. The highest BCUT2D eigenvalue weighted by Gasteiger charge is 2.28. The monoisotopic (exact) mass is 249 g/mol. The van der Waals surface area contributed by atoms with E-state index in [0.29, 0.717) is 18.7 Å². The van der Waals surface area contributed by atoms with Crippen LogP contribution in [0.25, 0.3) is 0 Å². The fourth-order valence-corrected chi connectivity index (χ4v) is 1.32. The first-order chi connectivity index (χ1) is 8.03. The summed E-state index contributed by atoms with van der Waals surface area (Å²) in [6.07, 6.45) is -3.99. The first-order valence-electron chi connectivity index (χ1n) is 5.14. The molecule has 0 spiro atoms. The van der Waals surface area contributed by atoms with E-state index in [4.69, 9.17) is 10.5 Å². The van der Waals surface area contributed by atoms with E-state index in [1.54, 1.807) is 12.1 Å². The molecule has 0 aromatic heterocycles. The van der Waals surface area contributed by atoms with Crippen LogP contribution in [0.15, 0.2) is 24.3 Å². The Hall–Kier alpha value is -1.27. The second-order valence-corrected chi connectivity index (χ2v) is 3.29. The van der Waals surface area contributed by atoms with Crippen molar-refractivity contribution in [1.29, 1.82) is 0 Å². The summed E-state index contributed by atoms with van der Waals surface area (Å²) in [6.45, 7) is -0.221. The average Bonchev–Trinajstić information content (AvgIpc) is 2.25. The first-order valence-corrected chi connectivity index (χ1v) is 5.14. The third-order valence-electron chi connectivity index (χ3n) is 1.99. The molecule has 6 heteroatoms. The summed E-state index contributed by atoms with van der Waals surface area (Å²) in [5.74, 6) is 0.545. The fourth-order valence-electron chi connectivity index (χ4n) is 1.32. The maximum absolute atomic E-state index is 11.7. The zero-order valence-corrected chi connectivity index (χ0v) is 9.17. The maximum atomic E-state index is 11.7. The lowest BCUT2D eigenvalue weighted by Gasteiger charge is -2.11. The van der Waals surface area contributed by atoms with Crippen LogP contribution in [0.4, 0.5) is 13.2 Å². The lowest BCUT2D eigenvalue weighted by molar-refractivity contribution is -0.325. The Morgan fingerprint density at radius 3 is 2.47 bits per heavy atom. The van der Waals surface area contributed by atoms with Gasteiger partial charge >= 0.3 is 6.36 Å². The number of hydrogen-bond acceptors (Lipinski definition) is 3. The number of benzene rings is 1. The third kappa shape index (κ3) is 5.55. The quantitative estimate of drug-likeness (QED) is 0.785. The van der Waals surface area contributed by atoms with Gasteiger partial charge in [-0.3, -0.25) is 4.74 Å². The minimum absolute atomic E-state index is 0.152. The average molecular weight is 249 g/mol. The van der Waals surface area contributed by atoms with Crippen molar-refractivity contribution in [3.63, 3.8) is 0 Å². The Kier molecular flexibility index (Phi) is 5.24. The molecule has 0 saturated carbocycles. The van der Waals surface area contributed by atoms with E-state index in [1.165, 1.54) is 0 Å². The highest BCUT2D eigenvalue weighted by atomic mass is 19.4. The van der Waals surface area contributed by atoms with E-state index in [-0.39, 0.29) is 6.61 Å². The van der Waals surface area contributed by atoms with E-state index in [1.807, 2.05) is 12.1 Å². The van der Waals surface area contributed by atoms with Gasteiger partial charge in [-0.2, -0.15) is 0 Å². The van der Waals surface area contributed by atoms with Crippen LogP contribution in [0, 0.1) is 0 Å². The SMILES string of the molecule is NCCc1ccccc1OCCOC(F)(F)F. The highest BCUT2D eigenvalue weighted by Crippen LogP contribution is 2.19. The number of halogens is 3. The fraction of sp³-hybridized carbons (Fsp3) is 0.455. The topological polar surface area (TPSA) is 44.5 Å². The summed E-state index contributed by atoms with van der Waals surface area (Å²) < 4.78 is 43.9. The van der Waals surface area contributed by atoms with Crippen LogP contribution in [0.1, 0.15) is 5.56 Å². The molecule has 1 aromatic rings. The number of nitrogens with two attached hydrogens (primary N) is 1. The van der Waals surface area contributed by atoms with Crippen molar-refractivity contribution in [2.24, 2.45) is 5.73 Å². The van der Waals surface area contributed by atoms with Gasteiger partial charge in [-0.05, 0) is 24.6 Å². The molecule has 0 amide bonds. The summed E-state index contributed by atoms with van der Waals surface area (Å²) >= 11 is 0. The highest BCUT2D eigenvalue weighted by molar-refractivity contribution is 5.33. The zero-order chi connectivity index (χ0) is 12.7. The molecule has 0 atom stereocenters. The maximum Gasteiger partial charge on any atom is 0.522 e. The van der Waals surface area contributed by atoms with Crippen molar-refractivity contribution in [2.45, 2.75) is 12.8 Å². The molecule has 96 valence electrons. The molecule has 0 bridgehead atoms. The van der Waals surface area contributed by atoms with E-state index in [0.717, 1.165) is 5.56 Å². The van der Waals surface area contributed by atoms with Gasteiger partial charge < -0.3 is 10.5 Å². The van der Waals surface area contributed by atoms with Crippen molar-refractivity contribution in [2.75, 3.05) is 19.8 Å². The smallest absolute Gasteiger partial charge is 0.491 e. The molecule has 0 aliphatic rings. The predicted molar refractivity (Wildman–Crippen MR) is 56.7 cm³/mol. The van der Waals surface area contributed by atoms with Gasteiger partial charge in [0.25, 0.3) is 0 Å². The molecule has 0 aliphatic carbocycles. The molecule has 1 rings (SSSR count). The first kappa shape index (κ1) is 13.8. The van der Waals surface area contributed by atoms with Crippen LogP contribution in [0.5, 0.6) is 5.75 Å². The van der Waals surface area contributed by atoms with Gasteiger partial charge in [0.1, 0.15) is 12.4 Å². The number of hydrogen-bond donors (Lipinski definition) is 1. The molecule has 0 radical (unpaired) electrons. The molecule has 0 fully saturated rings. The van der Waals surface area contributed by atoms with Crippen molar-refractivity contribution in [3.05, 3.63) is 29.8 Å². The molecular weight excluding hydrogens is 235 g/mol. The summed E-state index contributed by atoms with van der Waals surface area (Å²) in [5, 5.41) is 0. The van der Waals surface area contributed by atoms with Crippen LogP contribution < -0.4 is 10.5 Å². The van der Waals surface area contributed by atoms with Gasteiger partial charge in [0.15, 0.2) is 0 Å². The molecular formula is C11H14F3NO2. The molecule has 0 aliphatic heterocycles. The second kappa shape index (κ2) is 6.46. The molecule has 0 saturated heterocycles. The van der Waals surface area contributed by atoms with Gasteiger partial charge in [-0.1, -0.05) is 18.2 Å². The Labute approximate surface area is 97.3 Å². The zero-order valence-electron chi connectivity index (χ0n) is 9.17. The molecule has 2 N–H and O–H groups in total. The minimum Gasteiger partial charge on any atom is -0.491 e. The van der Waals surface area contributed by atoms with Gasteiger partial charge in [0.2, 0.25) is 0 Å². The van der Waals surface area contributed by atoms with Crippen molar-refractivity contribution < 1.29 is 22.6 Å². The molecule has 17 heavy (non-hydrogen) atoms. The second-order valence-electron chi connectivity index (χ2n) is 3.29. The molecule has 0 unspecified atom stereocenters. The Balaban J connectivity index is 2.41. The largest absolute Gasteiger partial charge is 0.522 e. The predicted octanol–water partition coefficient (Wildman–Crippen LogP) is 2.10. The van der Waals surface area contributed by atoms with Gasteiger partial charge in [0, 0.05) is 0 Å². The van der Waals surface area contributed by atoms with Crippen LogP contribution in [-0.4, -0.2) is 26.1 Å². The lowest BCUT2D eigenvalue weighted by Crippen LogP contribution is -2.18. The summed E-state index contributed by atoms with van der Waals surface area (Å²) in [6, 6.07) is 7.09. The van der Waals surface area contributed by atoms with E-state index in [2.05, 4.69) is 4.74 Å². The standard InChI is InChI=1S/C11H14F3NO2/c12-11(13,14)17-8-7-16-10-4-2-1-3-9(10)5-6-15/h1-4H,5-8,15H2. The van der Waals surface area contributed by atoms with Crippen molar-refractivity contribution in [1.82, 2.24) is 0 Å². The van der Waals surface area contributed by atoms with E-state index < -0.39 is 13.0 Å². The van der Waals surface area contributed by atoms with Crippen LogP contribution in [-0.2, 0) is 11.2 Å². The normalized spacial score (nSPS) is 11.5. The number of rotatable bonds is 6. The van der Waals surface area contributed by atoms with Crippen LogP contribution in [0.3, 0.4) is 0 Å². The van der Waals surface area contributed by atoms with Crippen molar-refractivity contribution >= 4 is 0 Å². The molecule has 1 aromatic carbocycles. The Morgan fingerprint density at radius 2 is 1.82 bits per heavy atom. The Morgan fingerprint density at radius 1 is 1.12 bits per heavy atom. The van der Waals surface area contributed by atoms with Crippen LogP contribution >= 0.6 is 0 Å². The summed E-state index contributed by atoms with van der Waals surface area (Å²) in [5.41, 5.74) is 6.29. The summed E-state index contributed by atoms with van der Waals surface area (Å²) in [7, 11) is 0. The van der Waals surface area contributed by atoms with E-state index in [9.17, 15) is 13.2 Å². The number of para-hydroxylation sites is 1. The minimum atomic E-state index is -4.61. The van der Waals surface area contributed by atoms with E-state index >= 15 is 0 Å². The number of alkyl halides is 3. The Bertz CT molecular complexity index is 342. The number of ether oxygens (including phenoxy) is 2. The molecule has 3 nitrogen and oxygen atoms in total. The van der Waals surface area contributed by atoms with Crippen molar-refractivity contribution in [3.8, 4) is 5.75 Å². The van der Waals surface area contributed by atoms with Crippen LogP contribution in [0.2, 0.25) is 0 Å². The molecule has 0 heterocycles.